The molecule has 8 heteroatoms. The van der Waals surface area contributed by atoms with Gasteiger partial charge < -0.3 is 14.8 Å². The van der Waals surface area contributed by atoms with E-state index in [1.807, 2.05) is 20.8 Å². The Bertz CT molecular complexity index is 776. The van der Waals surface area contributed by atoms with Crippen LogP contribution in [0.4, 0.5) is 14.8 Å². The lowest BCUT2D eigenvalue weighted by Gasteiger charge is -2.29. The van der Waals surface area contributed by atoms with Crippen molar-refractivity contribution >= 4 is 39.3 Å². The number of ether oxygens (including phenoxy) is 2. The van der Waals surface area contributed by atoms with E-state index in [9.17, 15) is 14.4 Å². The molecule has 1 aliphatic heterocycles. The predicted molar refractivity (Wildman–Crippen MR) is 108 cm³/mol. The average molecular weight is 409 g/mol. The molecule has 7 nitrogen and oxygen atoms in total. The number of carbonyl (C=O) groups excluding carboxylic acids is 3. The second-order valence-corrected chi connectivity index (χ2v) is 9.24. The number of nitrogens with one attached hydrogen (secondary N) is 1. The molecule has 0 saturated heterocycles. The molecule has 2 aliphatic rings. The molecule has 3 rings (SSSR count). The van der Waals surface area contributed by atoms with Crippen molar-refractivity contribution in [1.82, 2.24) is 0 Å². The van der Waals surface area contributed by atoms with Gasteiger partial charge in [0.15, 0.2) is 0 Å². The fourth-order valence-electron chi connectivity index (χ4n) is 3.18. The zero-order chi connectivity index (χ0) is 20.5. The lowest BCUT2D eigenvalue weighted by Crippen LogP contribution is -2.39. The molecule has 0 aromatic carbocycles. The van der Waals surface area contributed by atoms with Crippen LogP contribution >= 0.6 is 11.3 Å². The van der Waals surface area contributed by atoms with Crippen molar-refractivity contribution in [2.75, 3.05) is 23.4 Å². The summed E-state index contributed by atoms with van der Waals surface area (Å²) in [6.07, 6.45) is 3.53. The summed E-state index contributed by atoms with van der Waals surface area (Å²) in [4.78, 5) is 39.2. The van der Waals surface area contributed by atoms with Crippen LogP contribution in [-0.4, -0.2) is 36.7 Å². The highest BCUT2D eigenvalue weighted by molar-refractivity contribution is 7.21. The van der Waals surface area contributed by atoms with Gasteiger partial charge in [0.1, 0.15) is 15.6 Å². The van der Waals surface area contributed by atoms with Crippen molar-refractivity contribution < 1.29 is 23.9 Å². The second kappa shape index (κ2) is 8.11. The number of hydrogen-bond donors (Lipinski definition) is 1. The van der Waals surface area contributed by atoms with Gasteiger partial charge in [0.2, 0.25) is 5.91 Å². The van der Waals surface area contributed by atoms with Crippen LogP contribution in [0.3, 0.4) is 0 Å². The van der Waals surface area contributed by atoms with Crippen LogP contribution in [0.2, 0.25) is 0 Å². The molecule has 1 fully saturated rings. The zero-order valence-corrected chi connectivity index (χ0v) is 17.7. The summed E-state index contributed by atoms with van der Waals surface area (Å²) in [6, 6.07) is 0. The minimum atomic E-state index is -0.614. The smallest absolute Gasteiger partial charge is 0.415 e. The van der Waals surface area contributed by atoms with Gasteiger partial charge in [-0.2, -0.15) is 0 Å². The van der Waals surface area contributed by atoms with E-state index < -0.39 is 17.7 Å². The van der Waals surface area contributed by atoms with Crippen LogP contribution in [0.15, 0.2) is 0 Å². The lowest BCUT2D eigenvalue weighted by molar-refractivity contribution is -0.116. The molecule has 2 amide bonds. The number of hydrogen-bond acceptors (Lipinski definition) is 6. The quantitative estimate of drug-likeness (QED) is 0.732. The van der Waals surface area contributed by atoms with E-state index in [0.717, 1.165) is 18.4 Å². The van der Waals surface area contributed by atoms with E-state index in [0.29, 0.717) is 47.3 Å². The van der Waals surface area contributed by atoms with Crippen molar-refractivity contribution in [2.45, 2.75) is 65.4 Å². The molecule has 0 radical (unpaired) electrons. The monoisotopic (exact) mass is 408 g/mol. The van der Waals surface area contributed by atoms with E-state index in [1.165, 1.54) is 11.3 Å². The number of thiophene rings is 1. The SMILES string of the molecule is CCOC(=O)c1c(NC(=O)CC2CC2)sc2c1CCCN2C(=O)OC(C)(C)C. The summed E-state index contributed by atoms with van der Waals surface area (Å²) < 4.78 is 10.7. The van der Waals surface area contributed by atoms with Crippen LogP contribution in [-0.2, 0) is 20.7 Å². The average Bonchev–Trinajstić information content (AvgIpc) is 3.31. The third-order valence-electron chi connectivity index (χ3n) is 4.56. The summed E-state index contributed by atoms with van der Waals surface area (Å²) in [5.74, 6) is -0.123. The Labute approximate surface area is 169 Å². The molecule has 28 heavy (non-hydrogen) atoms. The first-order chi connectivity index (χ1) is 13.2. The highest BCUT2D eigenvalue weighted by atomic mass is 32.1. The largest absolute Gasteiger partial charge is 0.462 e. The normalized spacial score (nSPS) is 16.4. The Hall–Kier alpha value is -2.09. The van der Waals surface area contributed by atoms with Crippen molar-refractivity contribution in [3.8, 4) is 0 Å². The first kappa shape index (κ1) is 20.6. The van der Waals surface area contributed by atoms with E-state index in [4.69, 9.17) is 9.47 Å². The topological polar surface area (TPSA) is 84.9 Å². The molecule has 0 unspecified atom stereocenters. The van der Waals surface area contributed by atoms with Crippen LogP contribution in [0.1, 0.15) is 69.3 Å². The van der Waals surface area contributed by atoms with Gasteiger partial charge in [0.05, 0.1) is 12.2 Å². The molecule has 1 N–H and O–H groups in total. The lowest BCUT2D eigenvalue weighted by atomic mass is 10.0. The number of esters is 1. The Morgan fingerprint density at radius 1 is 1.25 bits per heavy atom. The molecular weight excluding hydrogens is 380 g/mol. The Morgan fingerprint density at radius 2 is 1.96 bits per heavy atom. The fourth-order valence-corrected chi connectivity index (χ4v) is 4.45. The third kappa shape index (κ3) is 4.84. The van der Waals surface area contributed by atoms with E-state index in [-0.39, 0.29) is 12.5 Å². The van der Waals surface area contributed by atoms with Crippen molar-refractivity contribution in [3.63, 3.8) is 0 Å². The minimum Gasteiger partial charge on any atom is -0.462 e. The van der Waals surface area contributed by atoms with Gasteiger partial charge in [-0.15, -0.1) is 0 Å². The third-order valence-corrected chi connectivity index (χ3v) is 5.73. The maximum absolute atomic E-state index is 12.7. The zero-order valence-electron chi connectivity index (χ0n) is 16.9. The van der Waals surface area contributed by atoms with Gasteiger partial charge in [-0.3, -0.25) is 9.69 Å². The van der Waals surface area contributed by atoms with Gasteiger partial charge >= 0.3 is 12.1 Å². The molecule has 0 spiro atoms. The van der Waals surface area contributed by atoms with E-state index >= 15 is 0 Å². The van der Waals surface area contributed by atoms with Crippen molar-refractivity contribution in [3.05, 3.63) is 11.1 Å². The van der Waals surface area contributed by atoms with Gasteiger partial charge in [-0.1, -0.05) is 11.3 Å². The van der Waals surface area contributed by atoms with Gasteiger partial charge in [-0.05, 0) is 59.3 Å². The fraction of sp³-hybridized carbons (Fsp3) is 0.650. The predicted octanol–water partition coefficient (Wildman–Crippen LogP) is 4.35. The van der Waals surface area contributed by atoms with Gasteiger partial charge in [0.25, 0.3) is 0 Å². The summed E-state index contributed by atoms with van der Waals surface area (Å²) in [6.45, 7) is 7.96. The highest BCUT2D eigenvalue weighted by Crippen LogP contribution is 2.44. The summed E-state index contributed by atoms with van der Waals surface area (Å²) in [7, 11) is 0. The molecule has 1 saturated carbocycles. The maximum Gasteiger partial charge on any atom is 0.415 e. The molecule has 154 valence electrons. The number of amides is 2. The maximum atomic E-state index is 12.7. The summed E-state index contributed by atoms with van der Waals surface area (Å²) in [5.41, 5.74) is 0.513. The molecule has 2 heterocycles. The Kier molecular flexibility index (Phi) is 5.98. The summed E-state index contributed by atoms with van der Waals surface area (Å²) >= 11 is 1.25. The van der Waals surface area contributed by atoms with E-state index in [2.05, 4.69) is 5.32 Å². The second-order valence-electron chi connectivity index (χ2n) is 8.24. The number of anilines is 2. The Balaban J connectivity index is 1.92. The van der Waals surface area contributed by atoms with E-state index in [1.54, 1.807) is 11.8 Å². The number of carbonyl (C=O) groups is 3. The van der Waals surface area contributed by atoms with Crippen LogP contribution in [0.5, 0.6) is 0 Å². The number of fused-ring (bicyclic) bond motifs is 1. The minimum absolute atomic E-state index is 0.101. The number of nitrogens with zero attached hydrogens (tertiary/aromatic N) is 1. The first-order valence-electron chi connectivity index (χ1n) is 9.82. The molecule has 1 aromatic heterocycles. The molecule has 0 atom stereocenters. The van der Waals surface area contributed by atoms with Crippen LogP contribution < -0.4 is 10.2 Å². The van der Waals surface area contributed by atoms with Gasteiger partial charge in [0, 0.05) is 18.5 Å². The Morgan fingerprint density at radius 3 is 2.57 bits per heavy atom. The van der Waals surface area contributed by atoms with Crippen molar-refractivity contribution in [1.29, 1.82) is 0 Å². The first-order valence-corrected chi connectivity index (χ1v) is 10.6. The molecule has 1 aliphatic carbocycles. The van der Waals surface area contributed by atoms with Crippen LogP contribution in [0, 0.1) is 5.92 Å². The van der Waals surface area contributed by atoms with Gasteiger partial charge in [-0.25, -0.2) is 9.59 Å². The van der Waals surface area contributed by atoms with Crippen molar-refractivity contribution in [2.24, 2.45) is 5.92 Å². The number of rotatable bonds is 5. The molecular formula is C20H28N2O5S. The van der Waals surface area contributed by atoms with Crippen LogP contribution in [0.25, 0.3) is 0 Å². The highest BCUT2D eigenvalue weighted by Gasteiger charge is 2.35. The standard InChI is InChI=1S/C20H28N2O5S/c1-5-26-18(24)15-13-7-6-10-22(19(25)27-20(2,3)4)17(13)28-16(15)21-14(23)11-12-8-9-12/h12H,5-11H2,1-4H3,(H,21,23). The molecule has 1 aromatic rings. The molecule has 0 bridgehead atoms. The summed E-state index contributed by atoms with van der Waals surface area (Å²) in [5, 5.41) is 4.01.